The molecular formula is C15H14Cl2N2OS. The molecule has 1 atom stereocenters. The SMILES string of the molecule is CCC1c2ccsc2CCN1C(=O)c1cnc(Cl)c(Cl)c1. The van der Waals surface area contributed by atoms with Crippen LogP contribution < -0.4 is 0 Å². The lowest BCUT2D eigenvalue weighted by Gasteiger charge is -2.35. The smallest absolute Gasteiger partial charge is 0.255 e. The van der Waals surface area contributed by atoms with Crippen LogP contribution in [0.5, 0.6) is 0 Å². The monoisotopic (exact) mass is 340 g/mol. The van der Waals surface area contributed by atoms with Crippen molar-refractivity contribution in [2.75, 3.05) is 6.54 Å². The fourth-order valence-corrected chi connectivity index (χ4v) is 3.98. The lowest BCUT2D eigenvalue weighted by atomic mass is 9.97. The molecule has 1 aliphatic rings. The molecule has 21 heavy (non-hydrogen) atoms. The zero-order valence-corrected chi connectivity index (χ0v) is 13.8. The Balaban J connectivity index is 1.92. The summed E-state index contributed by atoms with van der Waals surface area (Å²) >= 11 is 13.5. The van der Waals surface area contributed by atoms with Crippen LogP contribution >= 0.6 is 34.5 Å². The molecule has 0 bridgehead atoms. The van der Waals surface area contributed by atoms with Gasteiger partial charge in [-0.3, -0.25) is 4.79 Å². The average molecular weight is 341 g/mol. The lowest BCUT2D eigenvalue weighted by Crippen LogP contribution is -2.39. The van der Waals surface area contributed by atoms with Crippen molar-refractivity contribution in [1.29, 1.82) is 0 Å². The molecule has 0 saturated carbocycles. The fourth-order valence-electron chi connectivity index (χ4n) is 2.78. The first-order valence-corrected chi connectivity index (χ1v) is 8.43. The normalized spacial score (nSPS) is 17.7. The molecule has 110 valence electrons. The van der Waals surface area contributed by atoms with Gasteiger partial charge < -0.3 is 4.90 Å². The summed E-state index contributed by atoms with van der Waals surface area (Å²) in [6, 6.07) is 3.84. The minimum atomic E-state index is -0.0373. The van der Waals surface area contributed by atoms with E-state index in [4.69, 9.17) is 23.2 Å². The van der Waals surface area contributed by atoms with E-state index < -0.39 is 0 Å². The second-order valence-corrected chi connectivity index (χ2v) is 6.73. The molecule has 0 aromatic carbocycles. The summed E-state index contributed by atoms with van der Waals surface area (Å²) < 4.78 is 0. The van der Waals surface area contributed by atoms with Gasteiger partial charge in [-0.2, -0.15) is 0 Å². The highest BCUT2D eigenvalue weighted by Gasteiger charge is 2.31. The largest absolute Gasteiger partial charge is 0.331 e. The van der Waals surface area contributed by atoms with Crippen LogP contribution in [0.1, 0.15) is 40.2 Å². The molecule has 0 radical (unpaired) electrons. The van der Waals surface area contributed by atoms with E-state index in [9.17, 15) is 4.79 Å². The number of hydrogen-bond acceptors (Lipinski definition) is 3. The predicted molar refractivity (Wildman–Crippen MR) is 86.3 cm³/mol. The molecule has 3 rings (SSSR count). The standard InChI is InChI=1S/C15H14Cl2N2OS/c1-2-12-10-4-6-21-13(10)3-5-19(12)15(20)9-7-11(16)14(17)18-8-9/h4,6-8,12H,2-3,5H2,1H3. The number of thiophene rings is 1. The number of rotatable bonds is 2. The molecule has 0 spiro atoms. The molecule has 1 amide bonds. The van der Waals surface area contributed by atoms with Gasteiger partial charge in [0.05, 0.1) is 16.6 Å². The van der Waals surface area contributed by atoms with Crippen molar-refractivity contribution in [3.05, 3.63) is 49.9 Å². The van der Waals surface area contributed by atoms with E-state index in [1.807, 2.05) is 4.90 Å². The number of aromatic nitrogens is 1. The summed E-state index contributed by atoms with van der Waals surface area (Å²) in [7, 11) is 0. The average Bonchev–Trinajstić information content (AvgIpc) is 2.96. The Morgan fingerprint density at radius 2 is 2.33 bits per heavy atom. The molecule has 0 aliphatic carbocycles. The van der Waals surface area contributed by atoms with Gasteiger partial charge in [-0.25, -0.2) is 4.98 Å². The van der Waals surface area contributed by atoms with Crippen LogP contribution in [-0.4, -0.2) is 22.3 Å². The summed E-state index contributed by atoms with van der Waals surface area (Å²) in [6.07, 6.45) is 3.29. The first-order valence-electron chi connectivity index (χ1n) is 6.80. The van der Waals surface area contributed by atoms with Crippen molar-refractivity contribution >= 4 is 40.4 Å². The highest BCUT2D eigenvalue weighted by molar-refractivity contribution is 7.10. The van der Waals surface area contributed by atoms with E-state index >= 15 is 0 Å². The van der Waals surface area contributed by atoms with Gasteiger partial charge >= 0.3 is 0 Å². The molecular weight excluding hydrogens is 327 g/mol. The number of pyridine rings is 1. The summed E-state index contributed by atoms with van der Waals surface area (Å²) in [5.41, 5.74) is 1.76. The number of amides is 1. The first-order chi connectivity index (χ1) is 10.1. The molecule has 6 heteroatoms. The number of halogens is 2. The third kappa shape index (κ3) is 2.68. The molecule has 2 aromatic rings. The van der Waals surface area contributed by atoms with E-state index in [1.165, 1.54) is 16.6 Å². The molecule has 0 saturated heterocycles. The van der Waals surface area contributed by atoms with Crippen molar-refractivity contribution in [2.24, 2.45) is 0 Å². The van der Waals surface area contributed by atoms with Gasteiger partial charge in [0.2, 0.25) is 0 Å². The molecule has 2 aromatic heterocycles. The highest BCUT2D eigenvalue weighted by Crippen LogP contribution is 2.36. The molecule has 0 fully saturated rings. The van der Waals surface area contributed by atoms with Crippen molar-refractivity contribution < 1.29 is 4.79 Å². The van der Waals surface area contributed by atoms with Crippen LogP contribution in [0.25, 0.3) is 0 Å². The quantitative estimate of drug-likeness (QED) is 0.748. The van der Waals surface area contributed by atoms with Gasteiger partial charge in [0, 0.05) is 17.6 Å². The van der Waals surface area contributed by atoms with Crippen LogP contribution in [0, 0.1) is 0 Å². The second kappa shape index (κ2) is 5.95. The Bertz CT molecular complexity index is 686. The van der Waals surface area contributed by atoms with Gasteiger partial charge in [0.1, 0.15) is 5.15 Å². The van der Waals surface area contributed by atoms with E-state index in [1.54, 1.807) is 17.4 Å². The zero-order chi connectivity index (χ0) is 15.0. The summed E-state index contributed by atoms with van der Waals surface area (Å²) in [5.74, 6) is -0.0373. The van der Waals surface area contributed by atoms with Crippen LogP contribution in [0.4, 0.5) is 0 Å². The zero-order valence-electron chi connectivity index (χ0n) is 11.5. The molecule has 1 aliphatic heterocycles. The maximum atomic E-state index is 12.8. The molecule has 1 unspecified atom stereocenters. The Morgan fingerprint density at radius 1 is 1.52 bits per heavy atom. The van der Waals surface area contributed by atoms with Gasteiger partial charge in [-0.1, -0.05) is 30.1 Å². The minimum Gasteiger partial charge on any atom is -0.331 e. The third-order valence-corrected chi connectivity index (χ3v) is 5.47. The Kier molecular flexibility index (Phi) is 4.20. The minimum absolute atomic E-state index is 0.0373. The first kappa shape index (κ1) is 14.8. The van der Waals surface area contributed by atoms with Gasteiger partial charge in [-0.05, 0) is 35.9 Å². The Hall–Kier alpha value is -1.10. The lowest BCUT2D eigenvalue weighted by molar-refractivity contribution is 0.0657. The van der Waals surface area contributed by atoms with Crippen LogP contribution in [-0.2, 0) is 6.42 Å². The number of nitrogens with zero attached hydrogens (tertiary/aromatic N) is 2. The predicted octanol–water partition coefficient (Wildman–Crippen LogP) is 4.60. The molecule has 0 N–H and O–H groups in total. The van der Waals surface area contributed by atoms with E-state index in [0.717, 1.165) is 19.4 Å². The topological polar surface area (TPSA) is 33.2 Å². The number of carbonyl (C=O) groups is 1. The van der Waals surface area contributed by atoms with Gasteiger partial charge in [-0.15, -0.1) is 11.3 Å². The van der Waals surface area contributed by atoms with Crippen molar-refractivity contribution in [3.8, 4) is 0 Å². The summed E-state index contributed by atoms with van der Waals surface area (Å²) in [5, 5.41) is 2.63. The maximum absolute atomic E-state index is 12.8. The van der Waals surface area contributed by atoms with E-state index in [0.29, 0.717) is 10.6 Å². The Morgan fingerprint density at radius 3 is 3.05 bits per heavy atom. The van der Waals surface area contributed by atoms with E-state index in [-0.39, 0.29) is 17.1 Å². The maximum Gasteiger partial charge on any atom is 0.255 e. The van der Waals surface area contributed by atoms with E-state index in [2.05, 4.69) is 23.4 Å². The molecule has 3 nitrogen and oxygen atoms in total. The molecule has 3 heterocycles. The number of carbonyl (C=O) groups excluding carboxylic acids is 1. The highest BCUT2D eigenvalue weighted by atomic mass is 35.5. The number of fused-ring (bicyclic) bond motifs is 1. The van der Waals surface area contributed by atoms with Crippen LogP contribution in [0.15, 0.2) is 23.7 Å². The summed E-state index contributed by atoms with van der Waals surface area (Å²) in [6.45, 7) is 2.83. The summed E-state index contributed by atoms with van der Waals surface area (Å²) in [4.78, 5) is 20.0. The van der Waals surface area contributed by atoms with Crippen molar-refractivity contribution in [2.45, 2.75) is 25.8 Å². The Labute approximate surface area is 137 Å². The van der Waals surface area contributed by atoms with Gasteiger partial charge in [0.15, 0.2) is 0 Å². The van der Waals surface area contributed by atoms with Crippen molar-refractivity contribution in [3.63, 3.8) is 0 Å². The van der Waals surface area contributed by atoms with Crippen LogP contribution in [0.2, 0.25) is 10.2 Å². The number of hydrogen-bond donors (Lipinski definition) is 0. The van der Waals surface area contributed by atoms with Gasteiger partial charge in [0.25, 0.3) is 5.91 Å². The third-order valence-electron chi connectivity index (χ3n) is 3.79. The second-order valence-electron chi connectivity index (χ2n) is 4.97. The fraction of sp³-hybridized carbons (Fsp3) is 0.333. The van der Waals surface area contributed by atoms with Crippen molar-refractivity contribution in [1.82, 2.24) is 9.88 Å². The van der Waals surface area contributed by atoms with Crippen LogP contribution in [0.3, 0.4) is 0 Å².